The summed E-state index contributed by atoms with van der Waals surface area (Å²) in [6.45, 7) is 1.77. The molecule has 3 amide bonds. The summed E-state index contributed by atoms with van der Waals surface area (Å²) in [4.78, 5) is 40.7. The number of rotatable bonds is 5. The van der Waals surface area contributed by atoms with Crippen LogP contribution >= 0.6 is 0 Å². The Labute approximate surface area is 207 Å². The van der Waals surface area contributed by atoms with Crippen LogP contribution in [0.3, 0.4) is 0 Å². The van der Waals surface area contributed by atoms with Crippen molar-refractivity contribution in [3.8, 4) is 0 Å². The van der Waals surface area contributed by atoms with Gasteiger partial charge in [-0.1, -0.05) is 0 Å². The molecule has 5 heterocycles. The number of amides is 3. The first-order valence-electron chi connectivity index (χ1n) is 11.6. The molecule has 3 aromatic rings. The zero-order valence-corrected chi connectivity index (χ0v) is 19.3. The van der Waals surface area contributed by atoms with E-state index in [1.54, 1.807) is 9.42 Å². The summed E-state index contributed by atoms with van der Waals surface area (Å²) in [5, 5.41) is 12.3. The molecule has 12 nitrogen and oxygen atoms in total. The van der Waals surface area contributed by atoms with Gasteiger partial charge in [0, 0.05) is 44.0 Å². The Balaban J connectivity index is 1.27. The molecule has 1 aliphatic carbocycles. The zero-order chi connectivity index (χ0) is 25.7. The Kier molecular flexibility index (Phi) is 5.35. The van der Waals surface area contributed by atoms with Crippen molar-refractivity contribution in [2.45, 2.75) is 25.1 Å². The summed E-state index contributed by atoms with van der Waals surface area (Å²) in [5.74, 6) is 0.638. The third kappa shape index (κ3) is 4.59. The van der Waals surface area contributed by atoms with Crippen LogP contribution in [0, 0.1) is 0 Å². The van der Waals surface area contributed by atoms with E-state index in [-0.39, 0.29) is 17.6 Å². The van der Waals surface area contributed by atoms with Crippen LogP contribution < -0.4 is 25.8 Å². The van der Waals surface area contributed by atoms with Crippen LogP contribution in [0.1, 0.15) is 24.0 Å². The largest absolute Gasteiger partial charge is 0.416 e. The Bertz CT molecular complexity index is 1420. The molecule has 6 rings (SSSR count). The van der Waals surface area contributed by atoms with Crippen LogP contribution in [0.15, 0.2) is 30.2 Å². The fraction of sp³-hybridized carbons (Fsp3) is 0.364. The van der Waals surface area contributed by atoms with Gasteiger partial charge in [-0.05, 0) is 31.1 Å². The summed E-state index contributed by atoms with van der Waals surface area (Å²) in [5.41, 5.74) is 0.302. The van der Waals surface area contributed by atoms with Crippen LogP contribution in [0.2, 0.25) is 0 Å². The summed E-state index contributed by atoms with van der Waals surface area (Å²) in [6, 6.07) is 1.68. The van der Waals surface area contributed by atoms with E-state index >= 15 is 0 Å². The Morgan fingerprint density at radius 1 is 1.05 bits per heavy atom. The van der Waals surface area contributed by atoms with E-state index in [1.807, 2.05) is 4.90 Å². The minimum atomic E-state index is -4.44. The lowest BCUT2D eigenvalue weighted by molar-refractivity contribution is -0.137. The van der Waals surface area contributed by atoms with Gasteiger partial charge >= 0.3 is 12.2 Å². The molecule has 2 saturated heterocycles. The second-order valence-electron chi connectivity index (χ2n) is 8.94. The molecule has 2 aliphatic heterocycles. The van der Waals surface area contributed by atoms with Gasteiger partial charge in [-0.3, -0.25) is 10.1 Å². The molecule has 0 unspecified atom stereocenters. The Morgan fingerprint density at radius 2 is 1.81 bits per heavy atom. The van der Waals surface area contributed by atoms with Crippen LogP contribution in [0.5, 0.6) is 0 Å². The van der Waals surface area contributed by atoms with E-state index in [1.165, 1.54) is 18.5 Å². The molecule has 1 saturated carbocycles. The summed E-state index contributed by atoms with van der Waals surface area (Å²) >= 11 is 0. The molecule has 37 heavy (non-hydrogen) atoms. The smallest absolute Gasteiger partial charge is 0.353 e. The van der Waals surface area contributed by atoms with E-state index < -0.39 is 23.7 Å². The maximum Gasteiger partial charge on any atom is 0.416 e. The van der Waals surface area contributed by atoms with Gasteiger partial charge < -0.3 is 20.4 Å². The molecule has 15 heteroatoms. The molecule has 0 spiro atoms. The van der Waals surface area contributed by atoms with Crippen molar-refractivity contribution in [3.63, 3.8) is 0 Å². The fourth-order valence-electron chi connectivity index (χ4n) is 4.17. The summed E-state index contributed by atoms with van der Waals surface area (Å²) < 4.78 is 40.9. The number of pyridine rings is 1. The van der Waals surface area contributed by atoms with Crippen molar-refractivity contribution in [2.75, 3.05) is 41.3 Å². The molecule has 0 atom stereocenters. The minimum absolute atomic E-state index is 0.0824. The highest BCUT2D eigenvalue weighted by Gasteiger charge is 2.32. The van der Waals surface area contributed by atoms with Gasteiger partial charge in [-0.2, -0.15) is 32.8 Å². The number of carbonyl (C=O) groups excluding carboxylic acids is 2. The molecule has 3 aliphatic rings. The second kappa shape index (κ2) is 8.60. The first kappa shape index (κ1) is 23.0. The second-order valence-corrected chi connectivity index (χ2v) is 8.94. The number of hydrogen-bond donors (Lipinski definition) is 3. The fourth-order valence-corrected chi connectivity index (χ4v) is 4.17. The van der Waals surface area contributed by atoms with Crippen LogP contribution in [-0.2, 0) is 11.0 Å². The van der Waals surface area contributed by atoms with Crippen LogP contribution in [0.25, 0.3) is 11.7 Å². The lowest BCUT2D eigenvalue weighted by atomic mass is 10.2. The van der Waals surface area contributed by atoms with Crippen LogP contribution in [0.4, 0.5) is 35.7 Å². The molecule has 0 aromatic carbocycles. The van der Waals surface area contributed by atoms with Gasteiger partial charge in [0.1, 0.15) is 11.5 Å². The minimum Gasteiger partial charge on any atom is -0.353 e. The van der Waals surface area contributed by atoms with Gasteiger partial charge in [0.2, 0.25) is 11.9 Å². The number of aromatic nitrogens is 5. The van der Waals surface area contributed by atoms with Crippen molar-refractivity contribution in [3.05, 3.63) is 41.4 Å². The number of alkyl halides is 3. The van der Waals surface area contributed by atoms with Crippen molar-refractivity contribution < 1.29 is 22.8 Å². The number of fused-ring (bicyclic) bond motifs is 1. The number of piperazine rings is 1. The molecule has 3 fully saturated rings. The SMILES string of the molecule is O=C1NC(=O)/C(=C/c2cnn3c(NC4CC4)nc(N4CCN(c5cc(C(F)(F)F)ccn5)CC4)nc23)N1. The molecule has 3 N–H and O–H groups in total. The Hall–Kier alpha value is -4.43. The molecule has 0 bridgehead atoms. The highest BCUT2D eigenvalue weighted by atomic mass is 19.4. The van der Waals surface area contributed by atoms with Gasteiger partial charge in [-0.15, -0.1) is 0 Å². The quantitative estimate of drug-likeness (QED) is 0.343. The van der Waals surface area contributed by atoms with Gasteiger partial charge in [0.15, 0.2) is 5.65 Å². The maximum atomic E-state index is 13.1. The lowest BCUT2D eigenvalue weighted by Crippen LogP contribution is -2.47. The normalized spacial score (nSPS) is 19.5. The standard InChI is InChI=1S/C22H21F3N10O2/c23-22(24,25)13-3-4-26-16(10-13)33-5-7-34(8-6-33)19-30-17-12(9-15-18(36)31-21(37)29-15)11-27-35(17)20(32-19)28-14-1-2-14/h3-4,9-11,14H,1-2,5-8H2,(H,28,30,32)(H2,29,31,36,37)/b15-9-. The summed E-state index contributed by atoms with van der Waals surface area (Å²) in [6.07, 6.45) is 1.78. The van der Waals surface area contributed by atoms with Crippen LogP contribution in [-0.4, -0.2) is 68.7 Å². The first-order valence-corrected chi connectivity index (χ1v) is 11.6. The predicted octanol–water partition coefficient (Wildman–Crippen LogP) is 1.62. The average Bonchev–Trinajstić information content (AvgIpc) is 3.51. The molecular formula is C22H21F3N10O2. The van der Waals surface area contributed by atoms with Gasteiger partial charge in [0.25, 0.3) is 5.91 Å². The van der Waals surface area contributed by atoms with E-state index in [2.05, 4.69) is 36.0 Å². The Morgan fingerprint density at radius 3 is 2.49 bits per heavy atom. The number of anilines is 3. The predicted molar refractivity (Wildman–Crippen MR) is 126 cm³/mol. The monoisotopic (exact) mass is 514 g/mol. The van der Waals surface area contributed by atoms with Crippen molar-refractivity contribution >= 4 is 41.4 Å². The number of imide groups is 1. The number of nitrogens with zero attached hydrogens (tertiary/aromatic N) is 7. The lowest BCUT2D eigenvalue weighted by Gasteiger charge is -2.35. The highest BCUT2D eigenvalue weighted by Crippen LogP contribution is 2.31. The maximum absolute atomic E-state index is 13.1. The number of halogens is 3. The van der Waals surface area contributed by atoms with E-state index in [0.717, 1.165) is 25.0 Å². The molecule has 192 valence electrons. The molecule has 0 radical (unpaired) electrons. The number of nitrogens with one attached hydrogen (secondary N) is 3. The first-order chi connectivity index (χ1) is 17.7. The van der Waals surface area contributed by atoms with E-state index in [0.29, 0.717) is 49.3 Å². The molecule has 3 aromatic heterocycles. The van der Waals surface area contributed by atoms with E-state index in [4.69, 9.17) is 0 Å². The third-order valence-electron chi connectivity index (χ3n) is 6.27. The van der Waals surface area contributed by atoms with Crippen molar-refractivity contribution in [1.29, 1.82) is 0 Å². The van der Waals surface area contributed by atoms with Gasteiger partial charge in [-0.25, -0.2) is 9.78 Å². The third-order valence-corrected chi connectivity index (χ3v) is 6.27. The number of urea groups is 1. The van der Waals surface area contributed by atoms with Crippen molar-refractivity contribution in [2.24, 2.45) is 0 Å². The molecular weight excluding hydrogens is 493 g/mol. The number of hydrogen-bond acceptors (Lipinski definition) is 9. The topological polar surface area (TPSA) is 133 Å². The highest BCUT2D eigenvalue weighted by molar-refractivity contribution is 6.14. The average molecular weight is 514 g/mol. The van der Waals surface area contributed by atoms with Crippen molar-refractivity contribution in [1.82, 2.24) is 35.2 Å². The van der Waals surface area contributed by atoms with E-state index in [9.17, 15) is 22.8 Å². The van der Waals surface area contributed by atoms with Gasteiger partial charge in [0.05, 0.1) is 11.8 Å². The zero-order valence-electron chi connectivity index (χ0n) is 19.3. The summed E-state index contributed by atoms with van der Waals surface area (Å²) in [7, 11) is 0. The number of carbonyl (C=O) groups is 2.